The highest BCUT2D eigenvalue weighted by Crippen LogP contribution is 2.64. The molecule has 0 atom stereocenters. The van der Waals surface area contributed by atoms with E-state index in [9.17, 15) is 89.5 Å². The van der Waals surface area contributed by atoms with Crippen molar-refractivity contribution in [3.05, 3.63) is 34.4 Å². The van der Waals surface area contributed by atoms with E-state index in [1.807, 2.05) is 0 Å². The highest BCUT2D eigenvalue weighted by Gasteiger charge is 2.95. The number of nitro benzene ring substituents is 1. The first kappa shape index (κ1) is 31.9. The second-order valence-corrected chi connectivity index (χ2v) is 6.75. The molecule has 0 aliphatic carbocycles. The van der Waals surface area contributed by atoms with Crippen molar-refractivity contribution >= 4 is 17.3 Å². The number of anilines is 1. The van der Waals surface area contributed by atoms with Crippen LogP contribution >= 0.6 is 0 Å². The number of nitrogens with one attached hydrogen (secondary N) is 1. The summed E-state index contributed by atoms with van der Waals surface area (Å²) >= 11 is 0. The van der Waals surface area contributed by atoms with Crippen LogP contribution < -0.4 is 5.32 Å². The summed E-state index contributed by atoms with van der Waals surface area (Å²) in [5, 5.41) is 11.2. The highest BCUT2D eigenvalue weighted by molar-refractivity contribution is 5.98. The molecule has 1 aromatic rings. The molecule has 0 bridgehead atoms. The first-order chi connectivity index (χ1) is 16.1. The number of amides is 1. The molecule has 0 radical (unpaired) electrons. The van der Waals surface area contributed by atoms with Crippen molar-refractivity contribution in [1.29, 1.82) is 0 Å². The molecule has 1 aromatic carbocycles. The molecular formula is C15H5F17N2O3. The Morgan fingerprint density at radius 2 is 0.973 bits per heavy atom. The molecule has 1 N–H and O–H groups in total. The average molecular weight is 584 g/mol. The number of rotatable bonds is 9. The van der Waals surface area contributed by atoms with Gasteiger partial charge in [-0.15, -0.1) is 0 Å². The number of para-hydroxylation sites is 2. The maximum Gasteiger partial charge on any atom is 0.460 e. The van der Waals surface area contributed by atoms with Crippen molar-refractivity contribution in [2.24, 2.45) is 0 Å². The zero-order chi connectivity index (χ0) is 29.8. The normalized spacial score (nSPS) is 14.9. The first-order valence-electron chi connectivity index (χ1n) is 8.33. The van der Waals surface area contributed by atoms with Gasteiger partial charge in [-0.3, -0.25) is 14.9 Å². The number of alkyl halides is 17. The fourth-order valence-corrected chi connectivity index (χ4v) is 2.25. The van der Waals surface area contributed by atoms with Gasteiger partial charge in [0, 0.05) is 6.07 Å². The van der Waals surface area contributed by atoms with E-state index in [0.717, 1.165) is 6.07 Å². The molecule has 22 heteroatoms. The minimum absolute atomic E-state index is 0.269. The number of nitro groups is 1. The van der Waals surface area contributed by atoms with Gasteiger partial charge in [-0.2, -0.15) is 74.6 Å². The lowest BCUT2D eigenvalue weighted by Crippen LogP contribution is -2.75. The van der Waals surface area contributed by atoms with Crippen molar-refractivity contribution in [3.8, 4) is 0 Å². The molecule has 0 saturated heterocycles. The maximum atomic E-state index is 13.8. The summed E-state index contributed by atoms with van der Waals surface area (Å²) < 4.78 is 224. The van der Waals surface area contributed by atoms with Gasteiger partial charge >= 0.3 is 53.5 Å². The van der Waals surface area contributed by atoms with Crippen molar-refractivity contribution in [2.45, 2.75) is 47.6 Å². The number of halogens is 17. The van der Waals surface area contributed by atoms with Gasteiger partial charge in [-0.1, -0.05) is 12.1 Å². The van der Waals surface area contributed by atoms with Crippen LogP contribution in [0.2, 0.25) is 0 Å². The monoisotopic (exact) mass is 584 g/mol. The van der Waals surface area contributed by atoms with Crippen LogP contribution in [0.15, 0.2) is 24.3 Å². The van der Waals surface area contributed by atoms with E-state index in [1.165, 1.54) is 0 Å². The molecule has 0 saturated carbocycles. The predicted octanol–water partition coefficient (Wildman–Crippen LogP) is 6.54. The highest BCUT2D eigenvalue weighted by atomic mass is 19.4. The summed E-state index contributed by atoms with van der Waals surface area (Å²) in [6, 6.07) is 2.06. The number of hydrogen-bond donors (Lipinski definition) is 1. The van der Waals surface area contributed by atoms with Gasteiger partial charge in [-0.05, 0) is 6.07 Å². The van der Waals surface area contributed by atoms with Crippen molar-refractivity contribution in [2.75, 3.05) is 5.32 Å². The summed E-state index contributed by atoms with van der Waals surface area (Å²) in [5.41, 5.74) is -2.93. The number of benzene rings is 1. The summed E-state index contributed by atoms with van der Waals surface area (Å²) in [6.45, 7) is 0. The molecule has 0 heterocycles. The lowest BCUT2D eigenvalue weighted by Gasteiger charge is -2.42. The van der Waals surface area contributed by atoms with Gasteiger partial charge in [0.05, 0.1) is 4.92 Å². The first-order valence-corrected chi connectivity index (χ1v) is 8.33. The van der Waals surface area contributed by atoms with Crippen LogP contribution in [-0.2, 0) is 4.79 Å². The quantitative estimate of drug-likeness (QED) is 0.204. The van der Waals surface area contributed by atoms with Gasteiger partial charge in [0.2, 0.25) is 0 Å². The van der Waals surface area contributed by atoms with Crippen LogP contribution in [0.25, 0.3) is 0 Å². The third-order valence-electron chi connectivity index (χ3n) is 4.36. The second kappa shape index (κ2) is 8.74. The summed E-state index contributed by atoms with van der Waals surface area (Å²) in [7, 11) is 0. The third-order valence-corrected chi connectivity index (χ3v) is 4.36. The van der Waals surface area contributed by atoms with E-state index < -0.39 is 69.8 Å². The summed E-state index contributed by atoms with van der Waals surface area (Å²) in [4.78, 5) is 20.6. The zero-order valence-corrected chi connectivity index (χ0v) is 16.4. The summed E-state index contributed by atoms with van der Waals surface area (Å²) in [6.07, 6.45) is -7.89. The number of nitrogens with zero attached hydrogens (tertiary/aromatic N) is 1. The second-order valence-electron chi connectivity index (χ2n) is 6.75. The van der Waals surface area contributed by atoms with E-state index in [0.29, 0.717) is 17.4 Å². The molecule has 0 aliphatic heterocycles. The SMILES string of the molecule is O=C(Nc1ccccc1[N+](=O)[O-])C(F)(F)C(F)(F)C(F)(F)C(F)(F)C(F)(F)C(F)(F)C(F)(F)C(F)(F)F. The Morgan fingerprint density at radius 1 is 0.622 bits per heavy atom. The Labute approximate surface area is 190 Å². The smallest absolute Gasteiger partial charge is 0.315 e. The number of carbonyl (C=O) groups is 1. The lowest BCUT2D eigenvalue weighted by molar-refractivity contribution is -0.459. The summed E-state index contributed by atoms with van der Waals surface area (Å²) in [5.74, 6) is -62.8. The average Bonchev–Trinajstić information content (AvgIpc) is 2.72. The molecule has 37 heavy (non-hydrogen) atoms. The molecule has 0 unspecified atom stereocenters. The maximum absolute atomic E-state index is 13.8. The molecule has 0 aromatic heterocycles. The van der Waals surface area contributed by atoms with Gasteiger partial charge in [0.25, 0.3) is 5.69 Å². The van der Waals surface area contributed by atoms with Crippen LogP contribution in [0.4, 0.5) is 86.0 Å². The van der Waals surface area contributed by atoms with E-state index in [1.54, 1.807) is 0 Å². The van der Waals surface area contributed by atoms with E-state index >= 15 is 0 Å². The third kappa shape index (κ3) is 4.36. The largest absolute Gasteiger partial charge is 0.460 e. The van der Waals surface area contributed by atoms with E-state index in [4.69, 9.17) is 0 Å². The topological polar surface area (TPSA) is 72.2 Å². The Balaban J connectivity index is 3.63. The standard InChI is InChI=1S/C15H5F17N2O3/c16-8(17,7(35)33-5-3-1-2-4-6(5)34(36)37)9(18,19)10(20,21)11(22,23)12(24,25)13(26,27)14(28,29)15(30,31)32/h1-4H,(H,33,35). The van der Waals surface area contributed by atoms with Gasteiger partial charge in [-0.25, -0.2) is 0 Å². The van der Waals surface area contributed by atoms with Gasteiger partial charge in [0.15, 0.2) is 0 Å². The van der Waals surface area contributed by atoms with Gasteiger partial charge in [0.1, 0.15) is 5.69 Å². The molecule has 212 valence electrons. The van der Waals surface area contributed by atoms with Crippen molar-refractivity contribution in [1.82, 2.24) is 0 Å². The van der Waals surface area contributed by atoms with Crippen LogP contribution in [0, 0.1) is 10.1 Å². The zero-order valence-electron chi connectivity index (χ0n) is 16.4. The fraction of sp³-hybridized carbons (Fsp3) is 0.533. The van der Waals surface area contributed by atoms with Crippen molar-refractivity contribution < 1.29 is 84.4 Å². The minimum atomic E-state index is -8.84. The fourth-order valence-electron chi connectivity index (χ4n) is 2.25. The number of carbonyl (C=O) groups excluding carboxylic acids is 1. The number of hydrogen-bond acceptors (Lipinski definition) is 3. The lowest BCUT2D eigenvalue weighted by atomic mass is 9.89. The molecule has 1 rings (SSSR count). The van der Waals surface area contributed by atoms with Crippen LogP contribution in [0.5, 0.6) is 0 Å². The molecule has 0 aliphatic rings. The predicted molar refractivity (Wildman–Crippen MR) is 82.4 cm³/mol. The van der Waals surface area contributed by atoms with Crippen LogP contribution in [-0.4, -0.2) is 58.5 Å². The Morgan fingerprint density at radius 3 is 1.35 bits per heavy atom. The molecule has 0 spiro atoms. The molecular weight excluding hydrogens is 579 g/mol. The Hall–Kier alpha value is -3.10. The Bertz CT molecular complexity index is 1050. The van der Waals surface area contributed by atoms with E-state index in [2.05, 4.69) is 0 Å². The molecule has 5 nitrogen and oxygen atoms in total. The molecule has 1 amide bonds. The molecule has 0 fully saturated rings. The van der Waals surface area contributed by atoms with Gasteiger partial charge < -0.3 is 5.32 Å². The van der Waals surface area contributed by atoms with Crippen LogP contribution in [0.1, 0.15) is 0 Å². The minimum Gasteiger partial charge on any atom is -0.315 e. The Kier molecular flexibility index (Phi) is 7.54. The van der Waals surface area contributed by atoms with Crippen molar-refractivity contribution in [3.63, 3.8) is 0 Å². The van der Waals surface area contributed by atoms with E-state index in [-0.39, 0.29) is 6.07 Å². The van der Waals surface area contributed by atoms with Crippen LogP contribution in [0.3, 0.4) is 0 Å².